The summed E-state index contributed by atoms with van der Waals surface area (Å²) in [5.74, 6) is 0.871. The molecule has 0 amide bonds. The molecule has 0 aliphatic heterocycles. The molecule has 0 saturated heterocycles. The molecule has 0 unspecified atom stereocenters. The van der Waals surface area contributed by atoms with E-state index in [4.69, 9.17) is 4.52 Å². The average Bonchev–Trinajstić information content (AvgIpc) is 2.67. The molecule has 74 valence electrons. The predicted molar refractivity (Wildman–Crippen MR) is 52.0 cm³/mol. The highest BCUT2D eigenvalue weighted by atomic mass is 16.5. The summed E-state index contributed by atoms with van der Waals surface area (Å²) in [4.78, 5) is 0. The lowest BCUT2D eigenvalue weighted by atomic mass is 10.2. The Morgan fingerprint density at radius 1 is 1.36 bits per heavy atom. The van der Waals surface area contributed by atoms with Crippen LogP contribution < -0.4 is 0 Å². The van der Waals surface area contributed by atoms with Crippen molar-refractivity contribution >= 4 is 0 Å². The lowest BCUT2D eigenvalue weighted by Crippen LogP contribution is -2.01. The van der Waals surface area contributed by atoms with Gasteiger partial charge in [-0.25, -0.2) is 0 Å². The Balaban J connectivity index is 2.26. The molecule has 0 bridgehead atoms. The molecule has 2 rings (SSSR count). The van der Waals surface area contributed by atoms with Gasteiger partial charge in [-0.15, -0.1) is 0 Å². The van der Waals surface area contributed by atoms with Crippen LogP contribution in [0, 0.1) is 20.8 Å². The second-order valence-electron chi connectivity index (χ2n) is 3.52. The smallest absolute Gasteiger partial charge is 0.138 e. The van der Waals surface area contributed by atoms with E-state index in [1.54, 1.807) is 0 Å². The molecular formula is C10H13N3O. The van der Waals surface area contributed by atoms with Crippen LogP contribution in [0.15, 0.2) is 16.9 Å². The highest BCUT2D eigenvalue weighted by Gasteiger charge is 2.09. The fourth-order valence-electron chi connectivity index (χ4n) is 1.44. The van der Waals surface area contributed by atoms with Crippen LogP contribution in [0.25, 0.3) is 0 Å². The molecule has 0 N–H and O–H groups in total. The van der Waals surface area contributed by atoms with Gasteiger partial charge in [0.1, 0.15) is 5.76 Å². The quantitative estimate of drug-likeness (QED) is 0.727. The largest absolute Gasteiger partial charge is 0.361 e. The minimum Gasteiger partial charge on any atom is -0.361 e. The van der Waals surface area contributed by atoms with Gasteiger partial charge in [-0.2, -0.15) is 5.10 Å². The molecule has 4 heteroatoms. The molecule has 4 nitrogen and oxygen atoms in total. The van der Waals surface area contributed by atoms with Crippen molar-refractivity contribution in [1.82, 2.24) is 14.9 Å². The third-order valence-electron chi connectivity index (χ3n) is 2.26. The van der Waals surface area contributed by atoms with Crippen LogP contribution in [0.2, 0.25) is 0 Å². The van der Waals surface area contributed by atoms with E-state index in [2.05, 4.69) is 10.3 Å². The van der Waals surface area contributed by atoms with Gasteiger partial charge in [-0.3, -0.25) is 4.68 Å². The van der Waals surface area contributed by atoms with Gasteiger partial charge in [0.2, 0.25) is 0 Å². The monoisotopic (exact) mass is 191 g/mol. The molecular weight excluding hydrogens is 178 g/mol. The Hall–Kier alpha value is -1.58. The van der Waals surface area contributed by atoms with Gasteiger partial charge < -0.3 is 4.52 Å². The minimum atomic E-state index is 0.731. The third kappa shape index (κ3) is 1.55. The van der Waals surface area contributed by atoms with E-state index in [0.29, 0.717) is 0 Å². The van der Waals surface area contributed by atoms with Gasteiger partial charge in [0.05, 0.1) is 18.4 Å². The number of nitrogens with zero attached hydrogens (tertiary/aromatic N) is 3. The lowest BCUT2D eigenvalue weighted by Gasteiger charge is -1.99. The number of aryl methyl sites for hydroxylation is 3. The molecule has 0 aromatic carbocycles. The van der Waals surface area contributed by atoms with Crippen molar-refractivity contribution < 1.29 is 4.52 Å². The van der Waals surface area contributed by atoms with Crippen molar-refractivity contribution in [2.24, 2.45) is 0 Å². The van der Waals surface area contributed by atoms with Gasteiger partial charge in [0.15, 0.2) is 0 Å². The van der Waals surface area contributed by atoms with Crippen molar-refractivity contribution in [3.8, 4) is 0 Å². The summed E-state index contributed by atoms with van der Waals surface area (Å²) in [5.41, 5.74) is 3.22. The molecule has 0 saturated carbocycles. The van der Waals surface area contributed by atoms with E-state index in [-0.39, 0.29) is 0 Å². The van der Waals surface area contributed by atoms with E-state index in [9.17, 15) is 0 Å². The Bertz CT molecular complexity index is 422. The van der Waals surface area contributed by atoms with Crippen molar-refractivity contribution in [2.45, 2.75) is 27.3 Å². The second kappa shape index (κ2) is 3.29. The highest BCUT2D eigenvalue weighted by Crippen LogP contribution is 2.13. The molecule has 2 aromatic heterocycles. The first kappa shape index (κ1) is 8.99. The zero-order valence-electron chi connectivity index (χ0n) is 8.61. The third-order valence-corrected chi connectivity index (χ3v) is 2.26. The van der Waals surface area contributed by atoms with E-state index in [0.717, 1.165) is 29.1 Å². The summed E-state index contributed by atoms with van der Waals surface area (Å²) < 4.78 is 6.97. The Morgan fingerprint density at radius 3 is 2.64 bits per heavy atom. The highest BCUT2D eigenvalue weighted by molar-refractivity contribution is 5.21. The molecule has 0 aliphatic carbocycles. The summed E-state index contributed by atoms with van der Waals surface area (Å²) in [6.45, 7) is 6.62. The Labute approximate surface area is 82.5 Å². The van der Waals surface area contributed by atoms with E-state index in [1.807, 2.05) is 37.8 Å². The summed E-state index contributed by atoms with van der Waals surface area (Å²) in [6, 6.07) is 0. The first-order chi connectivity index (χ1) is 6.66. The van der Waals surface area contributed by atoms with E-state index >= 15 is 0 Å². The number of rotatable bonds is 2. The van der Waals surface area contributed by atoms with Crippen molar-refractivity contribution in [3.63, 3.8) is 0 Å². The molecule has 0 aliphatic rings. The Kier molecular flexibility index (Phi) is 2.11. The average molecular weight is 191 g/mol. The van der Waals surface area contributed by atoms with Crippen LogP contribution >= 0.6 is 0 Å². The lowest BCUT2D eigenvalue weighted by molar-refractivity contribution is 0.391. The summed E-state index contributed by atoms with van der Waals surface area (Å²) in [7, 11) is 0. The SMILES string of the molecule is Cc1cnn(Cc2c(C)noc2C)c1. The molecule has 2 aromatic rings. The van der Waals surface area contributed by atoms with Gasteiger partial charge in [-0.05, 0) is 26.3 Å². The van der Waals surface area contributed by atoms with Crippen LogP contribution in [0.4, 0.5) is 0 Å². The van der Waals surface area contributed by atoms with Crippen LogP contribution in [0.1, 0.15) is 22.6 Å². The topological polar surface area (TPSA) is 43.9 Å². The fraction of sp³-hybridized carbons (Fsp3) is 0.400. The normalized spacial score (nSPS) is 10.8. The first-order valence-electron chi connectivity index (χ1n) is 4.57. The maximum absolute atomic E-state index is 5.08. The minimum absolute atomic E-state index is 0.731. The zero-order chi connectivity index (χ0) is 10.1. The predicted octanol–water partition coefficient (Wildman–Crippen LogP) is 1.84. The van der Waals surface area contributed by atoms with Gasteiger partial charge in [-0.1, -0.05) is 5.16 Å². The maximum Gasteiger partial charge on any atom is 0.138 e. The zero-order valence-corrected chi connectivity index (χ0v) is 8.61. The molecule has 0 fully saturated rings. The number of hydrogen-bond donors (Lipinski definition) is 0. The van der Waals surface area contributed by atoms with Crippen LogP contribution in [-0.2, 0) is 6.54 Å². The van der Waals surface area contributed by atoms with E-state index in [1.165, 1.54) is 0 Å². The summed E-state index contributed by atoms with van der Waals surface area (Å²) in [6.07, 6.45) is 3.85. The molecule has 0 radical (unpaired) electrons. The van der Waals surface area contributed by atoms with E-state index < -0.39 is 0 Å². The van der Waals surface area contributed by atoms with Crippen molar-refractivity contribution in [2.75, 3.05) is 0 Å². The summed E-state index contributed by atoms with van der Waals surface area (Å²) >= 11 is 0. The second-order valence-corrected chi connectivity index (χ2v) is 3.52. The molecule has 2 heterocycles. The van der Waals surface area contributed by atoms with Crippen LogP contribution in [0.5, 0.6) is 0 Å². The standard InChI is InChI=1S/C10H13N3O/c1-7-4-11-13(5-7)6-10-8(2)12-14-9(10)3/h4-5H,6H2,1-3H3. The van der Waals surface area contributed by atoms with Crippen molar-refractivity contribution in [3.05, 3.63) is 35.0 Å². The first-order valence-corrected chi connectivity index (χ1v) is 4.57. The molecule has 0 spiro atoms. The number of aromatic nitrogens is 3. The molecule has 0 atom stereocenters. The van der Waals surface area contributed by atoms with Gasteiger partial charge in [0, 0.05) is 11.8 Å². The Morgan fingerprint density at radius 2 is 2.14 bits per heavy atom. The molecule has 14 heavy (non-hydrogen) atoms. The maximum atomic E-state index is 5.08. The fourth-order valence-corrected chi connectivity index (χ4v) is 1.44. The van der Waals surface area contributed by atoms with Gasteiger partial charge in [0.25, 0.3) is 0 Å². The summed E-state index contributed by atoms with van der Waals surface area (Å²) in [5, 5.41) is 8.12. The van der Waals surface area contributed by atoms with Gasteiger partial charge >= 0.3 is 0 Å². The van der Waals surface area contributed by atoms with Crippen LogP contribution in [0.3, 0.4) is 0 Å². The van der Waals surface area contributed by atoms with Crippen LogP contribution in [-0.4, -0.2) is 14.9 Å². The van der Waals surface area contributed by atoms with Crippen molar-refractivity contribution in [1.29, 1.82) is 0 Å². The number of hydrogen-bond acceptors (Lipinski definition) is 3.